The highest BCUT2D eigenvalue weighted by molar-refractivity contribution is 6.02. The monoisotopic (exact) mass is 1350 g/mol. The lowest BCUT2D eigenvalue weighted by Gasteiger charge is -2.34. The van der Waals surface area contributed by atoms with Crippen LogP contribution in [0.25, 0.3) is 39.0 Å². The molecule has 0 radical (unpaired) electrons. The molecule has 0 aromatic heterocycles. The summed E-state index contributed by atoms with van der Waals surface area (Å²) >= 11 is 0. The second-order valence-electron chi connectivity index (χ2n) is 38.8. The number of nitrogens with zero attached hydrogens (tertiary/aromatic N) is 2. The Morgan fingerprint density at radius 3 is 0.874 bits per heavy atom. The fraction of sp³-hybridized carbons (Fsp3) is 0.347. The molecule has 14 rings (SSSR count). The predicted octanol–water partition coefficient (Wildman–Crippen LogP) is 28.3. The van der Waals surface area contributed by atoms with Crippen molar-refractivity contribution in [1.29, 1.82) is 0 Å². The molecule has 4 aliphatic carbocycles. The first-order valence-corrected chi connectivity index (χ1v) is 38.1. The number of hydrogen-bond acceptors (Lipinski definition) is 2. The molecule has 2 heteroatoms. The van der Waals surface area contributed by atoms with E-state index in [9.17, 15) is 0 Å². The standard InChI is InChI=1S/C101H112N2/c1-26-64(92(2,3)4)28-27-63-62-100(85-55-69(97(17,18)19)37-50-78(63)85)86-58-76(102(72-40-29-65(30-41-72)93(5,6)7)73-42-31-66(32-43-73)94(8,9)10)48-53-81(86)83-61-91-84(60-87(83)100)82-54-49-77(103(74-44-33-67(34-45-74)95(11,12)13)75-46-35-68(36-47-75)96(14,15)16)59-90(82)101(91)88-56-70(98(20,21)22)38-51-79(88)80-52-39-71(57-89(80)101)99(23,24)25/h26-62H,1-25H3/b28-27-,64-26+. The summed E-state index contributed by atoms with van der Waals surface area (Å²) in [6.45, 7) is 58.4. The molecule has 2 spiro atoms. The van der Waals surface area contributed by atoms with Crippen molar-refractivity contribution in [2.24, 2.45) is 5.41 Å². The first kappa shape index (κ1) is 71.0. The van der Waals surface area contributed by atoms with Gasteiger partial charge >= 0.3 is 0 Å². The first-order chi connectivity index (χ1) is 48.0. The van der Waals surface area contributed by atoms with E-state index in [0.717, 1.165) is 34.1 Å². The van der Waals surface area contributed by atoms with E-state index in [2.05, 4.69) is 407 Å². The van der Waals surface area contributed by atoms with E-state index in [4.69, 9.17) is 0 Å². The Morgan fingerprint density at radius 1 is 0.262 bits per heavy atom. The second kappa shape index (κ2) is 24.0. The van der Waals surface area contributed by atoms with Crippen LogP contribution in [-0.2, 0) is 48.7 Å². The van der Waals surface area contributed by atoms with Gasteiger partial charge in [-0.05, 0) is 263 Å². The molecule has 526 valence electrons. The summed E-state index contributed by atoms with van der Waals surface area (Å²) < 4.78 is 0. The third-order valence-corrected chi connectivity index (χ3v) is 23.4. The van der Waals surface area contributed by atoms with E-state index in [1.54, 1.807) is 0 Å². The van der Waals surface area contributed by atoms with Gasteiger partial charge in [0.25, 0.3) is 0 Å². The van der Waals surface area contributed by atoms with Crippen molar-refractivity contribution in [3.05, 3.63) is 314 Å². The van der Waals surface area contributed by atoms with Crippen molar-refractivity contribution < 1.29 is 0 Å². The van der Waals surface area contributed by atoms with Crippen LogP contribution in [0.15, 0.2) is 230 Å². The first-order valence-electron chi connectivity index (χ1n) is 38.1. The topological polar surface area (TPSA) is 6.48 Å². The molecule has 0 bridgehead atoms. The van der Waals surface area contributed by atoms with Gasteiger partial charge in [0.2, 0.25) is 0 Å². The van der Waals surface area contributed by atoms with Gasteiger partial charge < -0.3 is 9.80 Å². The average molecular weight is 1350 g/mol. The zero-order valence-corrected chi connectivity index (χ0v) is 66.8. The van der Waals surface area contributed by atoms with Crippen LogP contribution in [0.5, 0.6) is 0 Å². The number of hydrogen-bond donors (Lipinski definition) is 0. The summed E-state index contributed by atoms with van der Waals surface area (Å²) in [7, 11) is 0. The molecule has 0 fully saturated rings. The maximum absolute atomic E-state index is 2.72. The average Bonchev–Trinajstić information content (AvgIpc) is 1.49. The van der Waals surface area contributed by atoms with Crippen molar-refractivity contribution in [2.75, 3.05) is 9.80 Å². The van der Waals surface area contributed by atoms with Crippen LogP contribution < -0.4 is 9.80 Å². The summed E-state index contributed by atoms with van der Waals surface area (Å²) in [6.07, 6.45) is 9.83. The smallest absolute Gasteiger partial charge is 0.0726 e. The SMILES string of the molecule is C/C=C(\C=C/C1=CC2(c3cc(C(C)(C)C)ccc31)c1cc(N(c3ccc(C(C)(C)C)cc3)c3ccc(C(C)(C)C)cc3)ccc1-c1cc3c(cc12)-c1ccc(N(c2ccc(C(C)(C)C)cc2)c2ccc(C(C)(C)C)cc2)cc1C31c2cc(C(C)(C)C)ccc2-c2ccc(C(C)(C)C)cc21)C(C)(C)C. The maximum atomic E-state index is 2.72. The Morgan fingerprint density at radius 2 is 0.515 bits per heavy atom. The second-order valence-corrected chi connectivity index (χ2v) is 38.8. The van der Waals surface area contributed by atoms with E-state index < -0.39 is 10.8 Å². The lowest BCUT2D eigenvalue weighted by Crippen LogP contribution is -2.28. The van der Waals surface area contributed by atoms with Crippen molar-refractivity contribution in [2.45, 2.75) is 222 Å². The summed E-state index contributed by atoms with van der Waals surface area (Å²) in [5.41, 5.74) is 35.1. The van der Waals surface area contributed by atoms with Crippen LogP contribution in [0.4, 0.5) is 34.1 Å². The van der Waals surface area contributed by atoms with Gasteiger partial charge in [-0.3, -0.25) is 0 Å². The van der Waals surface area contributed by atoms with Gasteiger partial charge in [-0.2, -0.15) is 0 Å². The third kappa shape index (κ3) is 11.9. The van der Waals surface area contributed by atoms with Crippen LogP contribution in [0, 0.1) is 5.41 Å². The quantitative estimate of drug-likeness (QED) is 0.140. The van der Waals surface area contributed by atoms with E-state index in [-0.39, 0.29) is 43.3 Å². The fourth-order valence-electron chi connectivity index (χ4n) is 17.1. The Kier molecular flexibility index (Phi) is 16.6. The fourth-order valence-corrected chi connectivity index (χ4v) is 17.1. The molecule has 0 heterocycles. The van der Waals surface area contributed by atoms with Gasteiger partial charge in [0.1, 0.15) is 0 Å². The van der Waals surface area contributed by atoms with Gasteiger partial charge in [0.15, 0.2) is 0 Å². The van der Waals surface area contributed by atoms with Crippen molar-refractivity contribution in [1.82, 2.24) is 0 Å². The predicted molar refractivity (Wildman–Crippen MR) is 445 cm³/mol. The van der Waals surface area contributed by atoms with Gasteiger partial charge in [-0.15, -0.1) is 0 Å². The third-order valence-electron chi connectivity index (χ3n) is 23.4. The molecule has 0 amide bonds. The van der Waals surface area contributed by atoms with Gasteiger partial charge in [0.05, 0.1) is 10.8 Å². The van der Waals surface area contributed by atoms with Crippen LogP contribution in [0.2, 0.25) is 0 Å². The Balaban J connectivity index is 1.11. The van der Waals surface area contributed by atoms with E-state index in [1.165, 1.54) is 128 Å². The minimum Gasteiger partial charge on any atom is -0.310 e. The maximum Gasteiger partial charge on any atom is 0.0726 e. The number of rotatable bonds is 8. The Labute approximate surface area is 619 Å². The summed E-state index contributed by atoms with van der Waals surface area (Å²) in [6, 6.07) is 80.5. The summed E-state index contributed by atoms with van der Waals surface area (Å²) in [5.74, 6) is 0. The van der Waals surface area contributed by atoms with Crippen molar-refractivity contribution in [3.8, 4) is 33.4 Å². The molecule has 0 saturated carbocycles. The van der Waals surface area contributed by atoms with E-state index in [1.807, 2.05) is 0 Å². The van der Waals surface area contributed by atoms with Crippen LogP contribution in [0.3, 0.4) is 0 Å². The van der Waals surface area contributed by atoms with Gasteiger partial charge in [-0.1, -0.05) is 306 Å². The molecule has 10 aromatic rings. The van der Waals surface area contributed by atoms with Crippen LogP contribution in [-0.4, -0.2) is 0 Å². The molecule has 0 N–H and O–H groups in total. The van der Waals surface area contributed by atoms with Gasteiger partial charge in [0, 0.05) is 34.1 Å². The minimum absolute atomic E-state index is 0.00343. The Bertz CT molecular complexity index is 4930. The Hall–Kier alpha value is -8.98. The van der Waals surface area contributed by atoms with Gasteiger partial charge in [-0.25, -0.2) is 0 Å². The number of benzene rings is 10. The minimum atomic E-state index is -0.724. The summed E-state index contributed by atoms with van der Waals surface area (Å²) in [5, 5.41) is 0. The number of anilines is 6. The molecular formula is C101H112N2. The highest BCUT2D eigenvalue weighted by Crippen LogP contribution is 2.68. The molecule has 0 saturated heterocycles. The molecule has 1 unspecified atom stereocenters. The highest BCUT2D eigenvalue weighted by atomic mass is 15.1. The van der Waals surface area contributed by atoms with Crippen LogP contribution in [0.1, 0.15) is 257 Å². The van der Waals surface area contributed by atoms with E-state index in [0.29, 0.717) is 0 Å². The lowest BCUT2D eigenvalue weighted by atomic mass is 9.68. The normalized spacial score (nSPS) is 16.2. The number of allylic oxidation sites excluding steroid dienone is 6. The summed E-state index contributed by atoms with van der Waals surface area (Å²) in [4.78, 5) is 5.04. The van der Waals surface area contributed by atoms with Crippen molar-refractivity contribution >= 4 is 39.7 Å². The van der Waals surface area contributed by atoms with E-state index >= 15 is 0 Å². The molecular weight excluding hydrogens is 1240 g/mol. The van der Waals surface area contributed by atoms with Crippen molar-refractivity contribution in [3.63, 3.8) is 0 Å². The zero-order valence-electron chi connectivity index (χ0n) is 66.8. The lowest BCUT2D eigenvalue weighted by molar-refractivity contribution is 0.516. The molecule has 10 aromatic carbocycles. The molecule has 1 atom stereocenters. The molecule has 4 aliphatic rings. The molecule has 2 nitrogen and oxygen atoms in total. The molecule has 103 heavy (non-hydrogen) atoms. The highest BCUT2D eigenvalue weighted by Gasteiger charge is 2.56. The number of fused-ring (bicyclic) bond motifs is 17. The zero-order chi connectivity index (χ0) is 74.1. The molecule has 0 aliphatic heterocycles. The van der Waals surface area contributed by atoms with Crippen LogP contribution >= 0.6 is 0 Å². The largest absolute Gasteiger partial charge is 0.310 e.